The molecule has 0 radical (unpaired) electrons. The van der Waals surface area contributed by atoms with Crippen LogP contribution in [-0.4, -0.2) is 16.0 Å². The fourth-order valence-corrected chi connectivity index (χ4v) is 1.28. The van der Waals surface area contributed by atoms with Crippen molar-refractivity contribution in [3.8, 4) is 0 Å². The lowest BCUT2D eigenvalue weighted by Gasteiger charge is -2.00. The van der Waals surface area contributed by atoms with Crippen molar-refractivity contribution in [2.24, 2.45) is 0 Å². The first kappa shape index (κ1) is 8.49. The summed E-state index contributed by atoms with van der Waals surface area (Å²) in [7, 11) is 0. The first-order valence-electron chi connectivity index (χ1n) is 3.05. The average Bonchev–Trinajstić information content (AvgIpc) is 2.36. The van der Waals surface area contributed by atoms with Crippen molar-refractivity contribution < 1.29 is 4.74 Å². The van der Waals surface area contributed by atoms with Gasteiger partial charge in [0.25, 0.3) is 0 Å². The summed E-state index contributed by atoms with van der Waals surface area (Å²) in [6.07, 6.45) is 0. The number of nitrogens with zero attached hydrogens (tertiary/aromatic N) is 2. The molecule has 0 fully saturated rings. The van der Waals surface area contributed by atoms with Crippen LogP contribution in [0, 0.1) is 0 Å². The highest BCUT2D eigenvalue weighted by Gasteiger charge is 2.05. The predicted molar refractivity (Wildman–Crippen MR) is 45.6 cm³/mol. The number of hydrogen-bond acceptors (Lipinski definition) is 4. The van der Waals surface area contributed by atoms with E-state index in [-0.39, 0.29) is 5.28 Å². The largest absolute Gasteiger partial charge is 0.491 e. The molecule has 0 saturated carbocycles. The van der Waals surface area contributed by atoms with Gasteiger partial charge in [0.1, 0.15) is 5.76 Å². The van der Waals surface area contributed by atoms with Crippen molar-refractivity contribution in [1.29, 1.82) is 0 Å². The van der Waals surface area contributed by atoms with Gasteiger partial charge in [-0.25, -0.2) is 4.98 Å². The van der Waals surface area contributed by atoms with Gasteiger partial charge < -0.3 is 4.74 Å². The second-order valence-electron chi connectivity index (χ2n) is 1.72. The summed E-state index contributed by atoms with van der Waals surface area (Å²) in [4.78, 5) is 3.88. The minimum atomic E-state index is 0.242. The maximum atomic E-state index is 5.50. The van der Waals surface area contributed by atoms with E-state index < -0.39 is 0 Å². The predicted octanol–water partition coefficient (Wildman–Crippen LogP) is 2.20. The Bertz CT molecular complexity index is 261. The molecule has 0 aliphatic carbocycles. The Hall–Kier alpha value is -0.610. The zero-order valence-corrected chi connectivity index (χ0v) is 7.58. The lowest BCUT2D eigenvalue weighted by Crippen LogP contribution is -1.88. The molecule has 0 unspecified atom stereocenters. The molecule has 0 aliphatic rings. The second-order valence-corrected chi connectivity index (χ2v) is 2.81. The number of hydrogen-bond donors (Lipinski definition) is 0. The van der Waals surface area contributed by atoms with Crippen LogP contribution < -0.4 is 0 Å². The van der Waals surface area contributed by atoms with E-state index in [4.69, 9.17) is 16.3 Å². The quantitative estimate of drug-likeness (QED) is 0.686. The van der Waals surface area contributed by atoms with Gasteiger partial charge >= 0.3 is 0 Å². The Morgan fingerprint density at radius 1 is 1.82 bits per heavy atom. The first-order chi connectivity index (χ1) is 5.24. The van der Waals surface area contributed by atoms with Crippen LogP contribution in [0.4, 0.5) is 0 Å². The summed E-state index contributed by atoms with van der Waals surface area (Å²) < 4.78 is 8.87. The smallest absolute Gasteiger partial charge is 0.234 e. The van der Waals surface area contributed by atoms with Gasteiger partial charge in [-0.15, -0.1) is 0 Å². The Morgan fingerprint density at radius 2 is 2.55 bits per heavy atom. The van der Waals surface area contributed by atoms with Gasteiger partial charge in [0.2, 0.25) is 5.28 Å². The number of rotatable bonds is 3. The van der Waals surface area contributed by atoms with Gasteiger partial charge in [0, 0.05) is 0 Å². The van der Waals surface area contributed by atoms with E-state index in [1.807, 2.05) is 6.92 Å². The van der Waals surface area contributed by atoms with Gasteiger partial charge in [-0.2, -0.15) is 4.37 Å². The molecule has 0 saturated heterocycles. The van der Waals surface area contributed by atoms with Crippen molar-refractivity contribution in [2.75, 3.05) is 6.61 Å². The van der Waals surface area contributed by atoms with Gasteiger partial charge in [-0.3, -0.25) is 0 Å². The van der Waals surface area contributed by atoms with Crippen LogP contribution in [0.2, 0.25) is 5.28 Å². The molecule has 3 nitrogen and oxygen atoms in total. The van der Waals surface area contributed by atoms with Crippen LogP contribution >= 0.6 is 23.1 Å². The highest BCUT2D eigenvalue weighted by atomic mass is 35.5. The molecule has 0 N–H and O–H groups in total. The van der Waals surface area contributed by atoms with Crippen molar-refractivity contribution >= 4 is 28.9 Å². The number of aromatic nitrogens is 2. The molecule has 1 heterocycles. The molecule has 11 heavy (non-hydrogen) atoms. The zero-order valence-electron chi connectivity index (χ0n) is 6.00. The molecule has 1 aromatic rings. The third-order valence-electron chi connectivity index (χ3n) is 0.958. The molecule has 0 aliphatic heterocycles. The van der Waals surface area contributed by atoms with E-state index in [0.29, 0.717) is 17.4 Å². The van der Waals surface area contributed by atoms with E-state index in [9.17, 15) is 0 Å². The van der Waals surface area contributed by atoms with Crippen LogP contribution in [0.3, 0.4) is 0 Å². The third-order valence-corrected chi connectivity index (χ3v) is 1.98. The number of ether oxygens (including phenoxy) is 1. The topological polar surface area (TPSA) is 35.0 Å². The van der Waals surface area contributed by atoms with Crippen LogP contribution in [-0.2, 0) is 4.74 Å². The van der Waals surface area contributed by atoms with E-state index in [0.717, 1.165) is 0 Å². The molecule has 5 heteroatoms. The zero-order chi connectivity index (χ0) is 8.27. The fourth-order valence-electron chi connectivity index (χ4n) is 0.555. The van der Waals surface area contributed by atoms with E-state index >= 15 is 0 Å². The molecule has 1 rings (SSSR count). The average molecular weight is 191 g/mol. The Kier molecular flexibility index (Phi) is 2.84. The fraction of sp³-hybridized carbons (Fsp3) is 0.333. The standard InChI is InChI=1S/C6H7ClN2OS/c1-3-10-4(2)5-8-6(7)9-11-5/h2-3H2,1H3. The molecular formula is C6H7ClN2OS. The molecule has 0 spiro atoms. The van der Waals surface area contributed by atoms with Crippen molar-refractivity contribution in [2.45, 2.75) is 6.92 Å². The SMILES string of the molecule is C=C(OCC)c1nc(Cl)ns1. The number of halogens is 1. The summed E-state index contributed by atoms with van der Waals surface area (Å²) in [5, 5.41) is 0.878. The van der Waals surface area contributed by atoms with Crippen LogP contribution in [0.5, 0.6) is 0 Å². The van der Waals surface area contributed by atoms with Crippen molar-refractivity contribution in [3.63, 3.8) is 0 Å². The van der Waals surface area contributed by atoms with Crippen LogP contribution in [0.1, 0.15) is 11.9 Å². The Balaban J connectivity index is 2.69. The van der Waals surface area contributed by atoms with Crippen LogP contribution in [0.15, 0.2) is 6.58 Å². The lowest BCUT2D eigenvalue weighted by molar-refractivity contribution is 0.299. The maximum Gasteiger partial charge on any atom is 0.234 e. The summed E-state index contributed by atoms with van der Waals surface area (Å²) in [6, 6.07) is 0. The normalized spacial score (nSPS) is 9.64. The highest BCUT2D eigenvalue weighted by Crippen LogP contribution is 2.17. The molecule has 60 valence electrons. The van der Waals surface area contributed by atoms with Gasteiger partial charge in [-0.1, -0.05) is 6.58 Å². The molecule has 0 atom stereocenters. The molecule has 0 bridgehead atoms. The monoisotopic (exact) mass is 190 g/mol. The lowest BCUT2D eigenvalue weighted by atomic mass is 10.6. The minimum absolute atomic E-state index is 0.242. The molecule has 0 aromatic carbocycles. The van der Waals surface area contributed by atoms with Gasteiger partial charge in [0.05, 0.1) is 6.61 Å². The Labute approximate surface area is 73.8 Å². The molecule has 0 amide bonds. The Morgan fingerprint density at radius 3 is 3.00 bits per heavy atom. The summed E-state index contributed by atoms with van der Waals surface area (Å²) in [6.45, 7) is 6.12. The third kappa shape index (κ3) is 2.17. The van der Waals surface area contributed by atoms with E-state index in [2.05, 4.69) is 15.9 Å². The minimum Gasteiger partial charge on any atom is -0.491 e. The highest BCUT2D eigenvalue weighted by molar-refractivity contribution is 7.06. The summed E-state index contributed by atoms with van der Waals surface area (Å²) >= 11 is 6.68. The van der Waals surface area contributed by atoms with Crippen molar-refractivity contribution in [3.05, 3.63) is 16.9 Å². The van der Waals surface area contributed by atoms with E-state index in [1.54, 1.807) is 0 Å². The summed E-state index contributed by atoms with van der Waals surface area (Å²) in [5.74, 6) is 0.525. The summed E-state index contributed by atoms with van der Waals surface area (Å²) in [5.41, 5.74) is 0. The van der Waals surface area contributed by atoms with E-state index in [1.165, 1.54) is 11.5 Å². The van der Waals surface area contributed by atoms with Gasteiger partial charge in [0.15, 0.2) is 5.01 Å². The maximum absolute atomic E-state index is 5.50. The van der Waals surface area contributed by atoms with Crippen LogP contribution in [0.25, 0.3) is 5.76 Å². The molecular weight excluding hydrogens is 184 g/mol. The van der Waals surface area contributed by atoms with Gasteiger partial charge in [-0.05, 0) is 30.1 Å². The van der Waals surface area contributed by atoms with Crippen molar-refractivity contribution in [1.82, 2.24) is 9.36 Å². The second kappa shape index (κ2) is 3.69. The molecule has 1 aromatic heterocycles. The first-order valence-corrected chi connectivity index (χ1v) is 4.20.